The first-order chi connectivity index (χ1) is 15.8. The Bertz CT molecular complexity index is 1090. The maximum Gasteiger partial charge on any atom is 0.411 e. The molecule has 2 unspecified atom stereocenters. The van der Waals surface area contributed by atoms with Crippen LogP contribution in [0.25, 0.3) is 0 Å². The average Bonchev–Trinajstić information content (AvgIpc) is 2.80. The van der Waals surface area contributed by atoms with Gasteiger partial charge in [0.1, 0.15) is 11.4 Å². The van der Waals surface area contributed by atoms with Crippen LogP contribution in [0.4, 0.5) is 4.79 Å². The fraction of sp³-hybridized carbons (Fsp3) is 0.400. The number of hydrogen-bond donors (Lipinski definition) is 0. The van der Waals surface area contributed by atoms with E-state index in [0.29, 0.717) is 23.0 Å². The fourth-order valence-corrected chi connectivity index (χ4v) is 4.35. The van der Waals surface area contributed by atoms with Crippen LogP contribution in [0, 0.1) is 0 Å². The number of nitrogens with zero attached hydrogens (tertiary/aromatic N) is 5. The maximum absolute atomic E-state index is 13.5. The van der Waals surface area contributed by atoms with Crippen LogP contribution < -0.4 is 0 Å². The maximum atomic E-state index is 13.5. The molecule has 1 aliphatic rings. The van der Waals surface area contributed by atoms with Gasteiger partial charge in [-0.25, -0.2) is 14.8 Å². The number of halogens is 1. The lowest BCUT2D eigenvalue weighted by Gasteiger charge is -2.42. The molecule has 3 aromatic rings. The van der Waals surface area contributed by atoms with Gasteiger partial charge in [0.2, 0.25) is 0 Å². The topological polar surface area (TPSA) is 81.1 Å². The standard InChI is InChI=1S/C25H28ClN5O2/c1-25(2,3)33-24(32)31-20(19-8-4-5-13-27-19)9-6-10-21(31)23-18(26)12-11-17(30-23)16-22-28-14-7-15-29-22/h4-5,7-8,11-15,20-21H,6,9-10,16H2,1-3H3. The second-order valence-corrected chi connectivity index (χ2v) is 9.52. The lowest BCUT2D eigenvalue weighted by molar-refractivity contribution is -0.00795. The fourth-order valence-electron chi connectivity index (χ4n) is 4.12. The van der Waals surface area contributed by atoms with Crippen molar-refractivity contribution in [3.63, 3.8) is 0 Å². The molecule has 1 fully saturated rings. The zero-order valence-corrected chi connectivity index (χ0v) is 19.9. The van der Waals surface area contributed by atoms with Gasteiger partial charge in [-0.05, 0) is 70.4 Å². The van der Waals surface area contributed by atoms with E-state index in [1.165, 1.54) is 0 Å². The van der Waals surface area contributed by atoms with E-state index in [1.54, 1.807) is 29.6 Å². The molecule has 3 aromatic heterocycles. The van der Waals surface area contributed by atoms with Crippen LogP contribution in [0.3, 0.4) is 0 Å². The van der Waals surface area contributed by atoms with Crippen molar-refractivity contribution in [2.75, 3.05) is 0 Å². The molecule has 8 heteroatoms. The van der Waals surface area contributed by atoms with Gasteiger partial charge in [0, 0.05) is 24.3 Å². The molecule has 7 nitrogen and oxygen atoms in total. The molecule has 0 radical (unpaired) electrons. The van der Waals surface area contributed by atoms with Gasteiger partial charge in [0.15, 0.2) is 0 Å². The summed E-state index contributed by atoms with van der Waals surface area (Å²) < 4.78 is 5.81. The number of piperidine rings is 1. The SMILES string of the molecule is CC(C)(C)OC(=O)N1C(c2ccccn2)CCCC1c1nc(Cc2ncccn2)ccc1Cl. The van der Waals surface area contributed by atoms with Crippen molar-refractivity contribution in [3.05, 3.63) is 82.9 Å². The summed E-state index contributed by atoms with van der Waals surface area (Å²) in [5.41, 5.74) is 1.66. The van der Waals surface area contributed by atoms with Gasteiger partial charge < -0.3 is 4.74 Å². The summed E-state index contributed by atoms with van der Waals surface area (Å²) in [6, 6.07) is 10.7. The van der Waals surface area contributed by atoms with E-state index >= 15 is 0 Å². The van der Waals surface area contributed by atoms with Crippen molar-refractivity contribution in [1.29, 1.82) is 0 Å². The molecule has 1 saturated heterocycles. The zero-order chi connectivity index (χ0) is 23.4. The van der Waals surface area contributed by atoms with Crippen molar-refractivity contribution < 1.29 is 9.53 Å². The number of carbonyl (C=O) groups is 1. The van der Waals surface area contributed by atoms with E-state index in [2.05, 4.69) is 15.0 Å². The second-order valence-electron chi connectivity index (χ2n) is 9.12. The minimum Gasteiger partial charge on any atom is -0.444 e. The molecule has 0 saturated carbocycles. The summed E-state index contributed by atoms with van der Waals surface area (Å²) >= 11 is 6.64. The van der Waals surface area contributed by atoms with E-state index in [-0.39, 0.29) is 12.1 Å². The van der Waals surface area contributed by atoms with Crippen molar-refractivity contribution in [3.8, 4) is 0 Å². The number of likely N-dealkylation sites (tertiary alicyclic amines) is 1. The first-order valence-electron chi connectivity index (χ1n) is 11.2. The predicted octanol–water partition coefficient (Wildman–Crippen LogP) is 5.71. The quantitative estimate of drug-likeness (QED) is 0.490. The van der Waals surface area contributed by atoms with Crippen LogP contribution in [-0.4, -0.2) is 36.5 Å². The summed E-state index contributed by atoms with van der Waals surface area (Å²) in [6.07, 6.45) is 7.70. The van der Waals surface area contributed by atoms with Gasteiger partial charge in [-0.3, -0.25) is 14.9 Å². The molecule has 172 valence electrons. The lowest BCUT2D eigenvalue weighted by Crippen LogP contribution is -2.44. The number of aromatic nitrogens is 4. The minimum absolute atomic E-state index is 0.223. The molecule has 2 atom stereocenters. The summed E-state index contributed by atoms with van der Waals surface area (Å²) in [7, 11) is 0. The Morgan fingerprint density at radius 3 is 2.45 bits per heavy atom. The third-order valence-electron chi connectivity index (χ3n) is 5.47. The third kappa shape index (κ3) is 5.66. The highest BCUT2D eigenvalue weighted by molar-refractivity contribution is 6.31. The molecule has 0 bridgehead atoms. The van der Waals surface area contributed by atoms with Gasteiger partial charge in [0.05, 0.1) is 34.9 Å². The van der Waals surface area contributed by atoms with Gasteiger partial charge in [-0.1, -0.05) is 17.7 Å². The predicted molar refractivity (Wildman–Crippen MR) is 126 cm³/mol. The van der Waals surface area contributed by atoms with E-state index in [1.807, 2.05) is 51.1 Å². The monoisotopic (exact) mass is 465 g/mol. The van der Waals surface area contributed by atoms with E-state index < -0.39 is 11.7 Å². The largest absolute Gasteiger partial charge is 0.444 e. The van der Waals surface area contributed by atoms with Crippen molar-refractivity contribution >= 4 is 17.7 Å². The molecular formula is C25H28ClN5O2. The van der Waals surface area contributed by atoms with Crippen molar-refractivity contribution in [1.82, 2.24) is 24.8 Å². The average molecular weight is 466 g/mol. The first-order valence-corrected chi connectivity index (χ1v) is 11.5. The lowest BCUT2D eigenvalue weighted by atomic mass is 9.91. The summed E-state index contributed by atoms with van der Waals surface area (Å²) in [4.78, 5) is 33.2. The van der Waals surface area contributed by atoms with Gasteiger partial charge in [-0.2, -0.15) is 0 Å². The number of hydrogen-bond acceptors (Lipinski definition) is 6. The highest BCUT2D eigenvalue weighted by Crippen LogP contribution is 2.43. The summed E-state index contributed by atoms with van der Waals surface area (Å²) in [5.74, 6) is 0.678. The number of amides is 1. The number of ether oxygens (including phenoxy) is 1. The molecule has 4 rings (SSSR count). The second kappa shape index (κ2) is 9.83. The Labute approximate surface area is 199 Å². The Morgan fingerprint density at radius 1 is 1.03 bits per heavy atom. The Balaban J connectivity index is 1.72. The first kappa shape index (κ1) is 23.1. The van der Waals surface area contributed by atoms with E-state index in [9.17, 15) is 4.79 Å². The molecule has 0 spiro atoms. The number of carbonyl (C=O) groups excluding carboxylic acids is 1. The van der Waals surface area contributed by atoms with Crippen LogP contribution in [0.5, 0.6) is 0 Å². The van der Waals surface area contributed by atoms with Crippen LogP contribution in [0.1, 0.15) is 75.0 Å². The van der Waals surface area contributed by atoms with Gasteiger partial charge in [0.25, 0.3) is 0 Å². The van der Waals surface area contributed by atoms with Crippen LogP contribution in [0.2, 0.25) is 5.02 Å². The highest BCUT2D eigenvalue weighted by atomic mass is 35.5. The van der Waals surface area contributed by atoms with E-state index in [4.69, 9.17) is 21.3 Å². The Kier molecular flexibility index (Phi) is 6.88. The molecular weight excluding hydrogens is 438 g/mol. The minimum atomic E-state index is -0.628. The molecule has 33 heavy (non-hydrogen) atoms. The van der Waals surface area contributed by atoms with Gasteiger partial charge >= 0.3 is 6.09 Å². The number of rotatable bonds is 4. The van der Waals surface area contributed by atoms with Crippen molar-refractivity contribution in [2.45, 2.75) is 64.1 Å². The smallest absolute Gasteiger partial charge is 0.411 e. The zero-order valence-electron chi connectivity index (χ0n) is 19.1. The summed E-state index contributed by atoms with van der Waals surface area (Å²) in [5, 5.41) is 0.521. The highest BCUT2D eigenvalue weighted by Gasteiger charge is 2.40. The van der Waals surface area contributed by atoms with Crippen LogP contribution in [0.15, 0.2) is 55.0 Å². The van der Waals surface area contributed by atoms with Gasteiger partial charge in [-0.15, -0.1) is 0 Å². The molecule has 0 aromatic carbocycles. The number of pyridine rings is 2. The molecule has 1 amide bonds. The Hall–Kier alpha value is -3.06. The third-order valence-corrected chi connectivity index (χ3v) is 5.78. The van der Waals surface area contributed by atoms with Crippen LogP contribution >= 0.6 is 11.6 Å². The Morgan fingerprint density at radius 2 is 1.76 bits per heavy atom. The molecule has 1 aliphatic heterocycles. The normalized spacial score (nSPS) is 18.7. The summed E-state index contributed by atoms with van der Waals surface area (Å²) in [6.45, 7) is 5.60. The van der Waals surface area contributed by atoms with E-state index in [0.717, 1.165) is 30.7 Å². The molecule has 4 heterocycles. The van der Waals surface area contributed by atoms with Crippen LogP contribution in [-0.2, 0) is 11.2 Å². The van der Waals surface area contributed by atoms with Crippen molar-refractivity contribution in [2.24, 2.45) is 0 Å². The molecule has 0 N–H and O–H groups in total. The molecule has 0 aliphatic carbocycles.